The van der Waals surface area contributed by atoms with Crippen molar-refractivity contribution < 1.29 is 23.9 Å². The Labute approximate surface area is 201 Å². The zero-order valence-corrected chi connectivity index (χ0v) is 19.8. The summed E-state index contributed by atoms with van der Waals surface area (Å²) < 4.78 is 9.89. The third kappa shape index (κ3) is 6.18. The Hall–Kier alpha value is -3.76. The first-order valence-corrected chi connectivity index (χ1v) is 11.3. The summed E-state index contributed by atoms with van der Waals surface area (Å²) in [5, 5.41) is 7.10. The number of aromatic nitrogens is 1. The topological polar surface area (TPSA) is 133 Å². The van der Waals surface area contributed by atoms with Crippen molar-refractivity contribution in [1.82, 2.24) is 10.3 Å². The van der Waals surface area contributed by atoms with Crippen molar-refractivity contribution in [2.75, 3.05) is 19.5 Å². The molecule has 0 fully saturated rings. The Balaban J connectivity index is 1.77. The molecule has 0 aliphatic heterocycles. The molecule has 178 valence electrons. The summed E-state index contributed by atoms with van der Waals surface area (Å²) in [7, 11) is 2.82. The Morgan fingerprint density at radius 3 is 2.47 bits per heavy atom. The fourth-order valence-electron chi connectivity index (χ4n) is 3.29. The van der Waals surface area contributed by atoms with Crippen LogP contribution < -0.4 is 21.1 Å². The van der Waals surface area contributed by atoms with E-state index in [4.69, 9.17) is 10.5 Å². The van der Waals surface area contributed by atoms with Crippen LogP contribution in [0.2, 0.25) is 0 Å². The van der Waals surface area contributed by atoms with Crippen molar-refractivity contribution >= 4 is 34.3 Å². The average Bonchev–Trinajstić information content (AvgIpc) is 3.31. The van der Waals surface area contributed by atoms with Gasteiger partial charge < -0.3 is 25.8 Å². The first-order chi connectivity index (χ1) is 16.3. The van der Waals surface area contributed by atoms with Crippen molar-refractivity contribution in [3.8, 4) is 5.75 Å². The van der Waals surface area contributed by atoms with Crippen molar-refractivity contribution in [3.63, 3.8) is 0 Å². The van der Waals surface area contributed by atoms with Crippen LogP contribution >= 0.6 is 11.3 Å². The fraction of sp³-hybridized carbons (Fsp3) is 0.250. The Morgan fingerprint density at radius 1 is 1.09 bits per heavy atom. The number of nitrogens with zero attached hydrogens (tertiary/aromatic N) is 1. The third-order valence-corrected chi connectivity index (χ3v) is 5.86. The lowest BCUT2D eigenvalue weighted by Gasteiger charge is -2.21. The zero-order valence-electron chi connectivity index (χ0n) is 19.0. The number of anilines is 1. The van der Waals surface area contributed by atoms with E-state index in [0.717, 1.165) is 22.5 Å². The van der Waals surface area contributed by atoms with Gasteiger partial charge in [-0.15, -0.1) is 11.3 Å². The molecule has 3 aromatic rings. The molecule has 2 aromatic carbocycles. The number of methoxy groups -OCH3 is 2. The maximum Gasteiger partial charge on any atom is 0.357 e. The predicted molar refractivity (Wildman–Crippen MR) is 129 cm³/mol. The van der Waals surface area contributed by atoms with E-state index >= 15 is 0 Å². The molecule has 2 atom stereocenters. The average molecular weight is 483 g/mol. The van der Waals surface area contributed by atoms with Crippen LogP contribution in [0.15, 0.2) is 53.9 Å². The number of esters is 1. The number of amides is 2. The largest absolute Gasteiger partial charge is 0.496 e. The fourth-order valence-corrected chi connectivity index (χ4v) is 3.97. The minimum atomic E-state index is -0.985. The van der Waals surface area contributed by atoms with Gasteiger partial charge in [-0.25, -0.2) is 9.78 Å². The highest BCUT2D eigenvalue weighted by atomic mass is 32.1. The van der Waals surface area contributed by atoms with Crippen LogP contribution in [0.25, 0.3) is 0 Å². The number of carbonyl (C=O) groups excluding carboxylic acids is 3. The summed E-state index contributed by atoms with van der Waals surface area (Å²) in [4.78, 5) is 41.7. The van der Waals surface area contributed by atoms with Crippen LogP contribution in [-0.4, -0.2) is 43.0 Å². The first-order valence-electron chi connectivity index (χ1n) is 10.4. The lowest BCUT2D eigenvalue weighted by Crippen LogP contribution is -2.48. The number of nitrogens with two attached hydrogens (primary N) is 1. The second kappa shape index (κ2) is 11.4. The van der Waals surface area contributed by atoms with Gasteiger partial charge >= 0.3 is 5.97 Å². The van der Waals surface area contributed by atoms with Crippen molar-refractivity contribution in [2.45, 2.75) is 25.4 Å². The highest BCUT2D eigenvalue weighted by molar-refractivity contribution is 7.14. The monoisotopic (exact) mass is 482 g/mol. The van der Waals surface area contributed by atoms with Gasteiger partial charge in [-0.1, -0.05) is 42.5 Å². The van der Waals surface area contributed by atoms with E-state index in [9.17, 15) is 14.4 Å². The smallest absolute Gasteiger partial charge is 0.357 e. The minimum Gasteiger partial charge on any atom is -0.496 e. The maximum atomic E-state index is 13.1. The highest BCUT2D eigenvalue weighted by Gasteiger charge is 2.26. The molecule has 0 saturated heterocycles. The lowest BCUT2D eigenvalue weighted by molar-refractivity contribution is -0.127. The Bertz CT molecular complexity index is 1170. The number of hydrogen-bond acceptors (Lipinski definition) is 8. The molecular formula is C24H26N4O5S. The number of aryl methyl sites for hydroxylation is 1. The van der Waals surface area contributed by atoms with E-state index in [1.54, 1.807) is 25.3 Å². The second-order valence-electron chi connectivity index (χ2n) is 7.48. The zero-order chi connectivity index (χ0) is 24.7. The first kappa shape index (κ1) is 24.9. The van der Waals surface area contributed by atoms with Gasteiger partial charge in [0.1, 0.15) is 17.8 Å². The summed E-state index contributed by atoms with van der Waals surface area (Å²) in [5.41, 5.74) is 8.57. The molecule has 1 aromatic heterocycles. The van der Waals surface area contributed by atoms with E-state index in [1.807, 2.05) is 37.3 Å². The van der Waals surface area contributed by atoms with Gasteiger partial charge in [0.15, 0.2) is 10.8 Å². The van der Waals surface area contributed by atoms with Crippen LogP contribution in [0, 0.1) is 6.92 Å². The summed E-state index contributed by atoms with van der Waals surface area (Å²) in [5.74, 6) is -0.907. The predicted octanol–water partition coefficient (Wildman–Crippen LogP) is 2.61. The van der Waals surface area contributed by atoms with Gasteiger partial charge in [0.2, 0.25) is 11.8 Å². The molecule has 0 aliphatic carbocycles. The van der Waals surface area contributed by atoms with Crippen LogP contribution in [-0.2, 0) is 20.7 Å². The molecule has 34 heavy (non-hydrogen) atoms. The SMILES string of the molecule is COC(=O)c1csc(NC(=O)[C@H](Cc2ccccc2)NC(=O)C(N)c2ccc(OC)c(C)c2)n1. The molecule has 9 nitrogen and oxygen atoms in total. The van der Waals surface area contributed by atoms with E-state index in [1.165, 1.54) is 12.5 Å². The van der Waals surface area contributed by atoms with E-state index in [2.05, 4.69) is 20.4 Å². The summed E-state index contributed by atoms with van der Waals surface area (Å²) in [6, 6.07) is 12.6. The van der Waals surface area contributed by atoms with Crippen LogP contribution in [0.5, 0.6) is 5.75 Å². The van der Waals surface area contributed by atoms with Crippen LogP contribution in [0.4, 0.5) is 5.13 Å². The summed E-state index contributed by atoms with van der Waals surface area (Å²) >= 11 is 1.08. The molecule has 0 spiro atoms. The standard InChI is InChI=1S/C24H26N4O5S/c1-14-11-16(9-10-19(14)32-2)20(25)22(30)26-17(12-15-7-5-4-6-8-15)21(29)28-24-27-18(13-34-24)23(31)33-3/h4-11,13,17,20H,12,25H2,1-3H3,(H,26,30)(H,27,28,29)/t17-,20?/m0/s1. The maximum absolute atomic E-state index is 13.1. The van der Waals surface area contributed by atoms with Crippen molar-refractivity contribution in [3.05, 3.63) is 76.3 Å². The van der Waals surface area contributed by atoms with Crippen molar-refractivity contribution in [2.24, 2.45) is 5.73 Å². The molecule has 0 bridgehead atoms. The molecule has 1 heterocycles. The van der Waals surface area contributed by atoms with Crippen LogP contribution in [0.3, 0.4) is 0 Å². The molecule has 1 unspecified atom stereocenters. The number of rotatable bonds is 9. The molecule has 0 saturated carbocycles. The Morgan fingerprint density at radius 2 is 1.82 bits per heavy atom. The van der Waals surface area contributed by atoms with Gasteiger partial charge in [0.05, 0.1) is 14.2 Å². The molecular weight excluding hydrogens is 456 g/mol. The van der Waals surface area contributed by atoms with Gasteiger partial charge in [0.25, 0.3) is 0 Å². The summed E-state index contributed by atoms with van der Waals surface area (Å²) in [6.07, 6.45) is 0.238. The van der Waals surface area contributed by atoms with E-state index in [-0.39, 0.29) is 17.2 Å². The normalized spacial score (nSPS) is 12.4. The molecule has 2 amide bonds. The number of thiazole rings is 1. The number of benzene rings is 2. The minimum absolute atomic E-state index is 0.0864. The second-order valence-corrected chi connectivity index (χ2v) is 8.33. The molecule has 0 radical (unpaired) electrons. The molecule has 4 N–H and O–H groups in total. The number of nitrogens with one attached hydrogen (secondary N) is 2. The lowest BCUT2D eigenvalue weighted by atomic mass is 10.0. The van der Waals surface area contributed by atoms with Gasteiger partial charge in [-0.3, -0.25) is 9.59 Å². The van der Waals surface area contributed by atoms with E-state index < -0.39 is 29.9 Å². The van der Waals surface area contributed by atoms with Crippen LogP contribution in [0.1, 0.15) is 33.2 Å². The molecule has 0 aliphatic rings. The summed E-state index contributed by atoms with van der Waals surface area (Å²) in [6.45, 7) is 1.86. The molecule has 3 rings (SSSR count). The van der Waals surface area contributed by atoms with Gasteiger partial charge in [0, 0.05) is 11.8 Å². The van der Waals surface area contributed by atoms with Gasteiger partial charge in [-0.2, -0.15) is 0 Å². The van der Waals surface area contributed by atoms with Gasteiger partial charge in [-0.05, 0) is 29.7 Å². The molecule has 10 heteroatoms. The number of ether oxygens (including phenoxy) is 2. The highest BCUT2D eigenvalue weighted by Crippen LogP contribution is 2.22. The number of hydrogen-bond donors (Lipinski definition) is 3. The quantitative estimate of drug-likeness (QED) is 0.399. The van der Waals surface area contributed by atoms with E-state index in [0.29, 0.717) is 11.3 Å². The van der Waals surface area contributed by atoms with Crippen molar-refractivity contribution in [1.29, 1.82) is 0 Å². The Kier molecular flexibility index (Phi) is 8.34. The number of carbonyl (C=O) groups is 3. The third-order valence-electron chi connectivity index (χ3n) is 5.10.